The molecule has 3 fully saturated rings. The van der Waals surface area contributed by atoms with Gasteiger partial charge in [-0.2, -0.15) is 0 Å². The van der Waals surface area contributed by atoms with Crippen molar-refractivity contribution in [3.8, 4) is 0 Å². The third kappa shape index (κ3) is 6.35. The first-order chi connectivity index (χ1) is 13.1. The molecule has 0 aromatic carbocycles. The van der Waals surface area contributed by atoms with E-state index in [0.29, 0.717) is 30.7 Å². The van der Waals surface area contributed by atoms with Crippen molar-refractivity contribution in [2.45, 2.75) is 96.1 Å². The van der Waals surface area contributed by atoms with Gasteiger partial charge in [-0.3, -0.25) is 9.59 Å². The Bertz CT molecular complexity index is 502. The van der Waals surface area contributed by atoms with Crippen molar-refractivity contribution in [1.82, 2.24) is 10.2 Å². The average Bonchev–Trinajstić information content (AvgIpc) is 2.68. The van der Waals surface area contributed by atoms with E-state index in [4.69, 9.17) is 5.73 Å². The molecule has 2 atom stereocenters. The molecule has 5 nitrogen and oxygen atoms in total. The van der Waals surface area contributed by atoms with Crippen LogP contribution in [0.1, 0.15) is 84.0 Å². The fourth-order valence-electron chi connectivity index (χ4n) is 5.42. The van der Waals surface area contributed by atoms with E-state index < -0.39 is 0 Å². The number of halogens is 1. The molecule has 28 heavy (non-hydrogen) atoms. The topological polar surface area (TPSA) is 75.4 Å². The highest BCUT2D eigenvalue weighted by molar-refractivity contribution is 5.85. The van der Waals surface area contributed by atoms with Crippen LogP contribution >= 0.6 is 12.4 Å². The van der Waals surface area contributed by atoms with Crippen molar-refractivity contribution in [3.63, 3.8) is 0 Å². The Morgan fingerprint density at radius 1 is 1.00 bits per heavy atom. The Labute approximate surface area is 177 Å². The van der Waals surface area contributed by atoms with Crippen LogP contribution in [0.25, 0.3) is 0 Å². The minimum absolute atomic E-state index is 0. The summed E-state index contributed by atoms with van der Waals surface area (Å²) < 4.78 is 0. The number of nitrogens with zero attached hydrogens (tertiary/aromatic N) is 1. The maximum absolute atomic E-state index is 13.0. The summed E-state index contributed by atoms with van der Waals surface area (Å²) in [6.45, 7) is 3.69. The van der Waals surface area contributed by atoms with Crippen molar-refractivity contribution >= 4 is 24.2 Å². The van der Waals surface area contributed by atoms with Gasteiger partial charge in [-0.15, -0.1) is 12.4 Å². The SMILES string of the molecule is CC1CCN(C(=O)C2CCC(NC(=O)CC3CCCCC3)CC2)C(CN)C1.Cl. The van der Waals surface area contributed by atoms with Crippen molar-refractivity contribution in [3.05, 3.63) is 0 Å². The molecule has 0 bridgehead atoms. The van der Waals surface area contributed by atoms with E-state index in [-0.39, 0.29) is 36.3 Å². The highest BCUT2D eigenvalue weighted by Crippen LogP contribution is 2.31. The molecule has 1 saturated heterocycles. The maximum atomic E-state index is 13.0. The number of likely N-dealkylation sites (tertiary alicyclic amines) is 1. The highest BCUT2D eigenvalue weighted by Gasteiger charge is 2.35. The van der Waals surface area contributed by atoms with Crippen LogP contribution in [0.4, 0.5) is 0 Å². The number of hydrogen-bond donors (Lipinski definition) is 2. The summed E-state index contributed by atoms with van der Waals surface area (Å²) in [7, 11) is 0. The molecular formula is C22H40ClN3O2. The maximum Gasteiger partial charge on any atom is 0.225 e. The van der Waals surface area contributed by atoms with Gasteiger partial charge in [0.1, 0.15) is 0 Å². The zero-order valence-electron chi connectivity index (χ0n) is 17.5. The molecule has 0 spiro atoms. The molecule has 2 aliphatic carbocycles. The Kier molecular flexibility index (Phi) is 9.55. The van der Waals surface area contributed by atoms with E-state index in [1.165, 1.54) is 32.1 Å². The van der Waals surface area contributed by atoms with Gasteiger partial charge in [-0.1, -0.05) is 26.2 Å². The Morgan fingerprint density at radius 2 is 1.68 bits per heavy atom. The molecule has 2 saturated carbocycles. The monoisotopic (exact) mass is 413 g/mol. The van der Waals surface area contributed by atoms with Gasteiger partial charge in [-0.05, 0) is 63.2 Å². The predicted molar refractivity (Wildman–Crippen MR) is 115 cm³/mol. The van der Waals surface area contributed by atoms with Gasteiger partial charge in [0.2, 0.25) is 11.8 Å². The summed E-state index contributed by atoms with van der Waals surface area (Å²) in [4.78, 5) is 27.4. The number of carbonyl (C=O) groups excluding carboxylic acids is 2. The molecule has 0 aromatic heterocycles. The largest absolute Gasteiger partial charge is 0.353 e. The van der Waals surface area contributed by atoms with Crippen LogP contribution in [0.5, 0.6) is 0 Å². The van der Waals surface area contributed by atoms with E-state index in [0.717, 1.165) is 45.1 Å². The first kappa shape index (κ1) is 23.5. The quantitative estimate of drug-likeness (QED) is 0.722. The number of nitrogens with two attached hydrogens (primary N) is 1. The Hall–Kier alpha value is -0.810. The molecule has 1 aliphatic heterocycles. The molecule has 0 aromatic rings. The third-order valence-electron chi connectivity index (χ3n) is 7.17. The normalized spacial score (nSPS) is 31.7. The van der Waals surface area contributed by atoms with Crippen molar-refractivity contribution in [2.75, 3.05) is 13.1 Å². The van der Waals surface area contributed by atoms with Gasteiger partial charge < -0.3 is 16.0 Å². The second kappa shape index (κ2) is 11.4. The second-order valence-electron chi connectivity index (χ2n) is 9.37. The summed E-state index contributed by atoms with van der Waals surface area (Å²) in [6.07, 6.45) is 12.8. The predicted octanol–water partition coefficient (Wildman–Crippen LogP) is 3.64. The van der Waals surface area contributed by atoms with E-state index in [1.807, 2.05) is 0 Å². The number of hydrogen-bond acceptors (Lipinski definition) is 3. The summed E-state index contributed by atoms with van der Waals surface area (Å²) in [5, 5.41) is 3.25. The molecule has 3 aliphatic rings. The lowest BCUT2D eigenvalue weighted by Gasteiger charge is -2.41. The second-order valence-corrected chi connectivity index (χ2v) is 9.37. The molecule has 0 radical (unpaired) electrons. The smallest absolute Gasteiger partial charge is 0.225 e. The molecule has 6 heteroatoms. The van der Waals surface area contributed by atoms with Gasteiger partial charge in [0.05, 0.1) is 0 Å². The van der Waals surface area contributed by atoms with E-state index in [9.17, 15) is 9.59 Å². The van der Waals surface area contributed by atoms with E-state index in [2.05, 4.69) is 17.1 Å². The first-order valence-electron chi connectivity index (χ1n) is 11.4. The van der Waals surface area contributed by atoms with Crippen LogP contribution < -0.4 is 11.1 Å². The molecule has 2 amide bonds. The molecule has 2 unspecified atom stereocenters. The molecule has 162 valence electrons. The van der Waals surface area contributed by atoms with Crippen molar-refractivity contribution in [1.29, 1.82) is 0 Å². The van der Waals surface area contributed by atoms with Crippen molar-refractivity contribution < 1.29 is 9.59 Å². The fourth-order valence-corrected chi connectivity index (χ4v) is 5.42. The number of piperidine rings is 1. The number of carbonyl (C=O) groups is 2. The standard InChI is InChI=1S/C22H39N3O2.ClH/c1-16-11-12-25(20(13-16)15-23)22(27)18-7-9-19(10-8-18)24-21(26)14-17-5-3-2-4-6-17;/h16-20H,2-15,23H2,1H3,(H,24,26);1H. The lowest BCUT2D eigenvalue weighted by atomic mass is 9.83. The fraction of sp³-hybridized carbons (Fsp3) is 0.909. The lowest BCUT2D eigenvalue weighted by molar-refractivity contribution is -0.140. The molecule has 1 heterocycles. The zero-order chi connectivity index (χ0) is 19.2. The summed E-state index contributed by atoms with van der Waals surface area (Å²) in [6, 6.07) is 0.478. The van der Waals surface area contributed by atoms with Gasteiger partial charge in [0, 0.05) is 37.5 Å². The highest BCUT2D eigenvalue weighted by atomic mass is 35.5. The Balaban J connectivity index is 0.00000280. The van der Waals surface area contributed by atoms with Crippen LogP contribution in [0.2, 0.25) is 0 Å². The molecule has 3 N–H and O–H groups in total. The number of amides is 2. The Morgan fingerprint density at radius 3 is 2.32 bits per heavy atom. The minimum atomic E-state index is 0. The van der Waals surface area contributed by atoms with Gasteiger partial charge in [0.25, 0.3) is 0 Å². The molecule has 3 rings (SSSR count). The number of rotatable bonds is 5. The van der Waals surface area contributed by atoms with Crippen LogP contribution in [0.3, 0.4) is 0 Å². The van der Waals surface area contributed by atoms with Crippen molar-refractivity contribution in [2.24, 2.45) is 23.5 Å². The number of nitrogens with one attached hydrogen (secondary N) is 1. The molecular weight excluding hydrogens is 374 g/mol. The van der Waals surface area contributed by atoms with Crippen LogP contribution in [0.15, 0.2) is 0 Å². The van der Waals surface area contributed by atoms with E-state index >= 15 is 0 Å². The third-order valence-corrected chi connectivity index (χ3v) is 7.17. The lowest BCUT2D eigenvalue weighted by Crippen LogP contribution is -2.52. The van der Waals surface area contributed by atoms with Gasteiger partial charge in [-0.25, -0.2) is 0 Å². The van der Waals surface area contributed by atoms with Gasteiger partial charge >= 0.3 is 0 Å². The summed E-state index contributed by atoms with van der Waals surface area (Å²) in [5.74, 6) is 1.91. The minimum Gasteiger partial charge on any atom is -0.353 e. The summed E-state index contributed by atoms with van der Waals surface area (Å²) in [5.41, 5.74) is 5.94. The van der Waals surface area contributed by atoms with E-state index in [1.54, 1.807) is 0 Å². The van der Waals surface area contributed by atoms with Crippen LogP contribution in [0, 0.1) is 17.8 Å². The zero-order valence-corrected chi connectivity index (χ0v) is 18.4. The van der Waals surface area contributed by atoms with Crippen LogP contribution in [-0.4, -0.2) is 41.9 Å². The van der Waals surface area contributed by atoms with Crippen LogP contribution in [-0.2, 0) is 9.59 Å². The summed E-state index contributed by atoms with van der Waals surface area (Å²) >= 11 is 0. The first-order valence-corrected chi connectivity index (χ1v) is 11.4. The van der Waals surface area contributed by atoms with Gasteiger partial charge in [0.15, 0.2) is 0 Å². The average molecular weight is 414 g/mol.